The molecule has 0 aliphatic heterocycles. The normalized spacial score (nSPS) is 13.4. The number of phenols is 3. The number of sulfone groups is 1. The molecule has 0 aliphatic carbocycles. The van der Waals surface area contributed by atoms with Gasteiger partial charge in [-0.25, -0.2) is 12.6 Å². The van der Waals surface area contributed by atoms with Crippen LogP contribution in [0.25, 0.3) is 21.5 Å². The number of rotatable bonds is 12. The predicted molar refractivity (Wildman–Crippen MR) is 191 cm³/mol. The van der Waals surface area contributed by atoms with Gasteiger partial charge in [-0.05, 0) is 53.9 Å². The van der Waals surface area contributed by atoms with Crippen molar-refractivity contribution in [2.75, 3.05) is 18.1 Å². The van der Waals surface area contributed by atoms with Crippen LogP contribution >= 0.6 is 0 Å². The first-order valence-corrected chi connectivity index (χ1v) is 21.8. The minimum atomic E-state index is -5.19. The maximum absolute atomic E-state index is 12.6. The summed E-state index contributed by atoms with van der Waals surface area (Å²) < 4.78 is 161. The Labute approximate surface area is 315 Å². The molecule has 5 aromatic carbocycles. The second kappa shape index (κ2) is 14.6. The number of nitrogens with two attached hydrogens (primary N) is 1. The Bertz CT molecular complexity index is 3120. The van der Waals surface area contributed by atoms with Gasteiger partial charge in [0.1, 0.15) is 37.5 Å². The van der Waals surface area contributed by atoms with Crippen molar-refractivity contribution in [3.63, 3.8) is 0 Å². The van der Waals surface area contributed by atoms with E-state index < -0.39 is 133 Å². The van der Waals surface area contributed by atoms with Crippen molar-refractivity contribution in [1.82, 2.24) is 0 Å². The molecule has 28 heteroatoms. The molecule has 298 valence electrons. The van der Waals surface area contributed by atoms with Gasteiger partial charge in [-0.3, -0.25) is 18.2 Å². The van der Waals surface area contributed by atoms with Gasteiger partial charge in [-0.1, -0.05) is 12.1 Å². The fraction of sp³-hybridized carbons (Fsp3) is 0.0714. The highest BCUT2D eigenvalue weighted by Crippen LogP contribution is 2.45. The molecule has 5 aromatic rings. The van der Waals surface area contributed by atoms with Crippen LogP contribution in [0.4, 0.5) is 28.4 Å². The third-order valence-electron chi connectivity index (χ3n) is 7.51. The molecule has 0 unspecified atom stereocenters. The zero-order valence-corrected chi connectivity index (χ0v) is 31.3. The third kappa shape index (κ3) is 8.83. The molecule has 0 heterocycles. The van der Waals surface area contributed by atoms with Crippen molar-refractivity contribution in [1.29, 1.82) is 0 Å². The van der Waals surface area contributed by atoms with Crippen LogP contribution < -0.4 is 5.73 Å². The van der Waals surface area contributed by atoms with E-state index >= 15 is 0 Å². The van der Waals surface area contributed by atoms with Crippen LogP contribution in [0.3, 0.4) is 0 Å². The summed E-state index contributed by atoms with van der Waals surface area (Å²) >= 11 is 0. The Hall–Kier alpha value is -5.43. The fourth-order valence-corrected chi connectivity index (χ4v) is 8.61. The van der Waals surface area contributed by atoms with Crippen molar-refractivity contribution < 1.29 is 79.8 Å². The highest BCUT2D eigenvalue weighted by atomic mass is 32.3. The van der Waals surface area contributed by atoms with Crippen molar-refractivity contribution in [2.24, 2.45) is 20.5 Å². The van der Waals surface area contributed by atoms with Crippen LogP contribution in [-0.4, -0.2) is 88.0 Å². The van der Waals surface area contributed by atoms with E-state index in [4.69, 9.17) is 10.3 Å². The molecule has 0 spiro atoms. The van der Waals surface area contributed by atoms with E-state index in [9.17, 15) is 71.1 Å². The average Bonchev–Trinajstić information content (AvgIpc) is 3.06. The van der Waals surface area contributed by atoms with Crippen LogP contribution in [0.5, 0.6) is 17.2 Å². The van der Waals surface area contributed by atoms with Crippen LogP contribution in [0.1, 0.15) is 0 Å². The smallest absolute Gasteiger partial charge is 0.397 e. The van der Waals surface area contributed by atoms with E-state index in [1.54, 1.807) is 0 Å². The Morgan fingerprint density at radius 3 is 1.82 bits per heavy atom. The first-order chi connectivity index (χ1) is 25.7. The number of nitrogens with zero attached hydrogens (tertiary/aromatic N) is 4. The highest BCUT2D eigenvalue weighted by molar-refractivity contribution is 7.91. The minimum absolute atomic E-state index is 0.0483. The van der Waals surface area contributed by atoms with Crippen molar-refractivity contribution >= 4 is 101 Å². The maximum atomic E-state index is 12.6. The van der Waals surface area contributed by atoms with Gasteiger partial charge >= 0.3 is 10.4 Å². The van der Waals surface area contributed by atoms with E-state index in [1.807, 2.05) is 0 Å². The van der Waals surface area contributed by atoms with Gasteiger partial charge in [-0.15, -0.1) is 15.3 Å². The van der Waals surface area contributed by atoms with Gasteiger partial charge < -0.3 is 21.1 Å². The number of nitrogen functional groups attached to an aromatic ring is 1. The second-order valence-corrected chi connectivity index (χ2v) is 18.5. The molecule has 0 amide bonds. The summed E-state index contributed by atoms with van der Waals surface area (Å²) in [7, 11) is -24.8. The number of hydrogen-bond donors (Lipinski definition) is 8. The lowest BCUT2D eigenvalue weighted by atomic mass is 10.1. The van der Waals surface area contributed by atoms with E-state index in [0.717, 1.165) is 42.5 Å². The lowest BCUT2D eigenvalue weighted by Crippen LogP contribution is -2.15. The van der Waals surface area contributed by atoms with Crippen LogP contribution in [0.15, 0.2) is 101 Å². The van der Waals surface area contributed by atoms with Gasteiger partial charge in [-0.2, -0.15) is 38.8 Å². The van der Waals surface area contributed by atoms with E-state index in [1.165, 1.54) is 12.1 Å². The molecule has 0 saturated heterocycles. The molecule has 9 N–H and O–H groups in total. The molecule has 23 nitrogen and oxygen atoms in total. The minimum Gasteiger partial charge on any atom is -0.506 e. The molecular weight excluding hydrogens is 855 g/mol. The van der Waals surface area contributed by atoms with Gasteiger partial charge in [0.05, 0.1) is 34.0 Å². The number of phenolic OH excluding ortho intramolecular Hbond substituents is 3. The topological polar surface area (TPSA) is 397 Å². The first kappa shape index (κ1) is 41.7. The Morgan fingerprint density at radius 2 is 1.21 bits per heavy atom. The summed E-state index contributed by atoms with van der Waals surface area (Å²) in [5, 5.41) is 45.9. The lowest BCUT2D eigenvalue weighted by Gasteiger charge is -2.13. The predicted octanol–water partition coefficient (Wildman–Crippen LogP) is 3.86. The molecule has 0 bridgehead atoms. The van der Waals surface area contributed by atoms with E-state index in [2.05, 4.69) is 24.6 Å². The quantitative estimate of drug-likeness (QED) is 0.0501. The Balaban J connectivity index is 1.58. The summed E-state index contributed by atoms with van der Waals surface area (Å²) in [5.74, 6) is -3.58. The molecule has 0 radical (unpaired) electrons. The Morgan fingerprint density at radius 1 is 0.589 bits per heavy atom. The Kier molecular flexibility index (Phi) is 10.9. The standard InChI is InChI=1S/C28H23N5O18S5/c29-25-22(54(42,43)44)12-21(53(39,40)41)16-4-5-18(28(36)24(16)25)31-30-14-2-1-13-9-23(55(45,46)47)26(27(35)17(13)10-14)33-32-19-11-15(3-6-20(19)34)52(37,38)8-7-51-56(48,49)50/h1-6,9-12,34-36H,7-8,29H2,(H,39,40,41)(H,42,43,44)(H,45,46,47)(H,48,49,50)/b31-30+,33-32+. The zero-order chi connectivity index (χ0) is 41.8. The summed E-state index contributed by atoms with van der Waals surface area (Å²) in [6, 6.07) is 9.20. The van der Waals surface area contributed by atoms with Crippen molar-refractivity contribution in [3.05, 3.63) is 60.7 Å². The first-order valence-electron chi connectivity index (χ1n) is 14.5. The summed E-state index contributed by atoms with van der Waals surface area (Å²) in [4.78, 5) is -3.76. The van der Waals surface area contributed by atoms with Crippen LogP contribution in [-0.2, 0) is 54.8 Å². The maximum Gasteiger partial charge on any atom is 0.397 e. The molecule has 0 aliphatic rings. The number of aromatic hydroxyl groups is 3. The van der Waals surface area contributed by atoms with Crippen molar-refractivity contribution in [3.8, 4) is 17.2 Å². The molecule has 0 aromatic heterocycles. The van der Waals surface area contributed by atoms with Crippen molar-refractivity contribution in [2.45, 2.75) is 19.6 Å². The molecule has 0 atom stereocenters. The fourth-order valence-electron chi connectivity index (χ4n) is 5.01. The average molecular weight is 878 g/mol. The molecule has 0 fully saturated rings. The summed E-state index contributed by atoms with van der Waals surface area (Å²) in [6.45, 7) is -0.989. The number of azo groups is 2. The van der Waals surface area contributed by atoms with Gasteiger partial charge in [0.2, 0.25) is 0 Å². The van der Waals surface area contributed by atoms with E-state index in [0.29, 0.717) is 6.07 Å². The number of anilines is 1. The third-order valence-corrected chi connectivity index (χ3v) is 12.3. The number of benzene rings is 5. The SMILES string of the molecule is Nc1c(S(=O)(=O)O)cc(S(=O)(=O)O)c2ccc(/N=N/c3ccc4cc(S(=O)(=O)O)c(/N=N/c5cc(S(=O)(=O)CCOS(=O)(=O)O)ccc5O)c(O)c4c3)c(O)c12. The lowest BCUT2D eigenvalue weighted by molar-refractivity contribution is 0.284. The largest absolute Gasteiger partial charge is 0.506 e. The molecule has 0 saturated carbocycles. The van der Waals surface area contributed by atoms with Crippen LogP contribution in [0, 0.1) is 0 Å². The second-order valence-electron chi connectivity index (χ2n) is 11.2. The molecule has 5 rings (SSSR count). The van der Waals surface area contributed by atoms with Gasteiger partial charge in [0, 0.05) is 10.8 Å². The van der Waals surface area contributed by atoms with Gasteiger partial charge in [0.25, 0.3) is 30.4 Å². The zero-order valence-electron chi connectivity index (χ0n) is 27.2. The summed E-state index contributed by atoms with van der Waals surface area (Å²) in [5.41, 5.74) is 2.88. The molecule has 56 heavy (non-hydrogen) atoms. The number of hydrogen-bond acceptors (Lipinski definition) is 19. The van der Waals surface area contributed by atoms with E-state index in [-0.39, 0.29) is 16.5 Å². The van der Waals surface area contributed by atoms with Gasteiger partial charge in [0.15, 0.2) is 21.3 Å². The molecular formula is C28H23N5O18S5. The number of fused-ring (bicyclic) bond motifs is 2. The highest BCUT2D eigenvalue weighted by Gasteiger charge is 2.27. The monoisotopic (exact) mass is 877 g/mol. The summed E-state index contributed by atoms with van der Waals surface area (Å²) in [6.07, 6.45) is 0. The van der Waals surface area contributed by atoms with Crippen LogP contribution in [0.2, 0.25) is 0 Å².